The van der Waals surface area contributed by atoms with E-state index in [1.807, 2.05) is 12.1 Å². The highest BCUT2D eigenvalue weighted by Crippen LogP contribution is 2.17. The van der Waals surface area contributed by atoms with Crippen LogP contribution < -0.4 is 10.6 Å². The molecule has 4 heteroatoms. The first-order valence-electron chi connectivity index (χ1n) is 6.03. The van der Waals surface area contributed by atoms with E-state index in [1.165, 1.54) is 5.69 Å². The molecule has 0 saturated carbocycles. The van der Waals surface area contributed by atoms with Crippen molar-refractivity contribution >= 4 is 5.69 Å². The van der Waals surface area contributed by atoms with Crippen LogP contribution in [0.2, 0.25) is 0 Å². The second-order valence-corrected chi connectivity index (χ2v) is 4.38. The highest BCUT2D eigenvalue weighted by molar-refractivity contribution is 5.48. The third-order valence-electron chi connectivity index (χ3n) is 3.01. The summed E-state index contributed by atoms with van der Waals surface area (Å²) in [4.78, 5) is 2.29. The highest BCUT2D eigenvalue weighted by atomic mass is 19.1. The molecule has 0 radical (unpaired) electrons. The summed E-state index contributed by atoms with van der Waals surface area (Å²) in [6.45, 7) is 2.97. The van der Waals surface area contributed by atoms with Crippen LogP contribution in [0.1, 0.15) is 5.56 Å². The van der Waals surface area contributed by atoms with Crippen molar-refractivity contribution in [3.8, 4) is 0 Å². The molecule has 2 N–H and O–H groups in total. The number of rotatable bonds is 4. The number of anilines is 1. The van der Waals surface area contributed by atoms with Gasteiger partial charge in [0, 0.05) is 24.8 Å². The zero-order chi connectivity index (χ0) is 12.1. The second-order valence-electron chi connectivity index (χ2n) is 4.38. The summed E-state index contributed by atoms with van der Waals surface area (Å²) in [6.07, 6.45) is 0.597. The third-order valence-corrected chi connectivity index (χ3v) is 3.01. The fraction of sp³-hybridized carbons (Fsp3) is 0.538. The maximum atomic E-state index is 12.3. The third kappa shape index (κ3) is 3.41. The van der Waals surface area contributed by atoms with Crippen LogP contribution in [0.5, 0.6) is 0 Å². The number of nitrogens with two attached hydrogens (primary N) is 1. The van der Waals surface area contributed by atoms with Crippen molar-refractivity contribution in [1.29, 1.82) is 0 Å². The second kappa shape index (κ2) is 5.98. The molecule has 94 valence electrons. The van der Waals surface area contributed by atoms with E-state index in [-0.39, 0.29) is 6.04 Å². The van der Waals surface area contributed by atoms with Crippen LogP contribution >= 0.6 is 0 Å². The largest absolute Gasteiger partial charge is 0.378 e. The van der Waals surface area contributed by atoms with Crippen molar-refractivity contribution in [2.45, 2.75) is 12.5 Å². The zero-order valence-corrected chi connectivity index (χ0v) is 9.94. The summed E-state index contributed by atoms with van der Waals surface area (Å²) < 4.78 is 17.6. The molecule has 1 aromatic carbocycles. The highest BCUT2D eigenvalue weighted by Gasteiger charge is 2.11. The van der Waals surface area contributed by atoms with Gasteiger partial charge in [-0.1, -0.05) is 12.1 Å². The Bertz CT molecular complexity index is 336. The lowest BCUT2D eigenvalue weighted by atomic mass is 10.1. The molecule has 0 bridgehead atoms. The molecule has 0 aliphatic carbocycles. The predicted molar refractivity (Wildman–Crippen MR) is 67.1 cm³/mol. The average Bonchev–Trinajstić information content (AvgIpc) is 2.40. The van der Waals surface area contributed by atoms with Gasteiger partial charge in [-0.25, -0.2) is 4.39 Å². The molecule has 1 aliphatic heterocycles. The van der Waals surface area contributed by atoms with Crippen LogP contribution in [0.15, 0.2) is 24.3 Å². The first kappa shape index (κ1) is 12.3. The molecule has 3 nitrogen and oxygen atoms in total. The van der Waals surface area contributed by atoms with Crippen molar-refractivity contribution in [2.24, 2.45) is 5.73 Å². The van der Waals surface area contributed by atoms with Gasteiger partial charge < -0.3 is 15.4 Å². The van der Waals surface area contributed by atoms with E-state index in [2.05, 4.69) is 17.0 Å². The Kier molecular flexibility index (Phi) is 4.34. The molecule has 0 aromatic heterocycles. The first-order valence-corrected chi connectivity index (χ1v) is 6.03. The van der Waals surface area contributed by atoms with E-state index < -0.39 is 6.67 Å². The minimum atomic E-state index is -0.467. The van der Waals surface area contributed by atoms with Gasteiger partial charge in [0.25, 0.3) is 0 Å². The number of alkyl halides is 1. The number of nitrogens with zero attached hydrogens (tertiary/aromatic N) is 1. The Morgan fingerprint density at radius 2 is 1.88 bits per heavy atom. The quantitative estimate of drug-likeness (QED) is 0.861. The van der Waals surface area contributed by atoms with Crippen molar-refractivity contribution in [3.05, 3.63) is 29.8 Å². The molecule has 0 unspecified atom stereocenters. The number of morpholine rings is 1. The molecule has 0 spiro atoms. The summed E-state index contributed by atoms with van der Waals surface area (Å²) in [5, 5.41) is 0. The van der Waals surface area contributed by atoms with Crippen LogP contribution in [-0.2, 0) is 11.2 Å². The lowest BCUT2D eigenvalue weighted by Gasteiger charge is -2.29. The Morgan fingerprint density at radius 1 is 1.24 bits per heavy atom. The molecule has 0 amide bonds. The van der Waals surface area contributed by atoms with Crippen molar-refractivity contribution in [1.82, 2.24) is 0 Å². The molecule has 1 heterocycles. The van der Waals surface area contributed by atoms with Crippen molar-refractivity contribution in [2.75, 3.05) is 37.9 Å². The summed E-state index contributed by atoms with van der Waals surface area (Å²) >= 11 is 0. The van der Waals surface area contributed by atoms with Crippen molar-refractivity contribution < 1.29 is 9.13 Å². The van der Waals surface area contributed by atoms with Crippen LogP contribution in [-0.4, -0.2) is 39.0 Å². The standard InChI is InChI=1S/C13H19FN2O/c14-10-12(15)9-11-1-3-13(4-2-11)16-5-7-17-8-6-16/h1-4,12H,5-10,15H2/t12-/m0/s1. The molecule has 1 fully saturated rings. The molecule has 1 atom stereocenters. The number of halogens is 1. The van der Waals surface area contributed by atoms with Gasteiger partial charge in [-0.05, 0) is 24.1 Å². The smallest absolute Gasteiger partial charge is 0.105 e. The van der Waals surface area contributed by atoms with Gasteiger partial charge in [-0.15, -0.1) is 0 Å². The Hall–Kier alpha value is -1.13. The predicted octanol–water partition coefficient (Wildman–Crippen LogP) is 1.36. The number of hydrogen-bond donors (Lipinski definition) is 1. The molecule has 1 saturated heterocycles. The van der Waals surface area contributed by atoms with Gasteiger partial charge in [0.1, 0.15) is 6.67 Å². The van der Waals surface area contributed by atoms with E-state index >= 15 is 0 Å². The van der Waals surface area contributed by atoms with E-state index in [9.17, 15) is 4.39 Å². The van der Waals surface area contributed by atoms with Crippen molar-refractivity contribution in [3.63, 3.8) is 0 Å². The van der Waals surface area contributed by atoms with Gasteiger partial charge in [0.05, 0.1) is 13.2 Å². The molecule has 1 aromatic rings. The van der Waals surface area contributed by atoms with Crippen LogP contribution in [0, 0.1) is 0 Å². The van der Waals surface area contributed by atoms with Gasteiger partial charge in [0.15, 0.2) is 0 Å². The van der Waals surface area contributed by atoms with Gasteiger partial charge >= 0.3 is 0 Å². The summed E-state index contributed by atoms with van der Waals surface area (Å²) in [6, 6.07) is 7.82. The first-order chi connectivity index (χ1) is 8.29. The molecular weight excluding hydrogens is 219 g/mol. The Balaban J connectivity index is 1.97. The molecule has 17 heavy (non-hydrogen) atoms. The molecular formula is C13H19FN2O. The monoisotopic (exact) mass is 238 g/mol. The molecule has 1 aliphatic rings. The summed E-state index contributed by atoms with van der Waals surface area (Å²) in [5.74, 6) is 0. The SMILES string of the molecule is N[C@H](CF)Cc1ccc(N2CCOCC2)cc1. The lowest BCUT2D eigenvalue weighted by molar-refractivity contribution is 0.122. The number of hydrogen-bond acceptors (Lipinski definition) is 3. The van der Waals surface area contributed by atoms with E-state index in [1.54, 1.807) is 0 Å². The van der Waals surface area contributed by atoms with E-state index in [4.69, 9.17) is 10.5 Å². The summed E-state index contributed by atoms with van der Waals surface area (Å²) in [7, 11) is 0. The van der Waals surface area contributed by atoms with Gasteiger partial charge in [-0.3, -0.25) is 0 Å². The number of benzene rings is 1. The fourth-order valence-corrected chi connectivity index (χ4v) is 2.02. The minimum Gasteiger partial charge on any atom is -0.378 e. The van der Waals surface area contributed by atoms with Gasteiger partial charge in [0.2, 0.25) is 0 Å². The summed E-state index contributed by atoms with van der Waals surface area (Å²) in [5.41, 5.74) is 7.87. The Morgan fingerprint density at radius 3 is 2.47 bits per heavy atom. The average molecular weight is 238 g/mol. The number of ether oxygens (including phenoxy) is 1. The fourth-order valence-electron chi connectivity index (χ4n) is 2.02. The van der Waals surface area contributed by atoms with E-state index in [0.717, 1.165) is 31.9 Å². The maximum Gasteiger partial charge on any atom is 0.105 e. The minimum absolute atomic E-state index is 0.385. The van der Waals surface area contributed by atoms with E-state index in [0.29, 0.717) is 6.42 Å². The van der Waals surface area contributed by atoms with Gasteiger partial charge in [-0.2, -0.15) is 0 Å². The van der Waals surface area contributed by atoms with Crippen LogP contribution in [0.25, 0.3) is 0 Å². The molecule has 2 rings (SSSR count). The maximum absolute atomic E-state index is 12.3. The van der Waals surface area contributed by atoms with Crippen LogP contribution in [0.4, 0.5) is 10.1 Å². The Labute approximate surface area is 101 Å². The topological polar surface area (TPSA) is 38.5 Å². The normalized spacial score (nSPS) is 18.1. The zero-order valence-electron chi connectivity index (χ0n) is 9.94. The van der Waals surface area contributed by atoms with Crippen LogP contribution in [0.3, 0.4) is 0 Å². The lowest BCUT2D eigenvalue weighted by Crippen LogP contribution is -2.36.